The predicted octanol–water partition coefficient (Wildman–Crippen LogP) is 2.25. The fraction of sp³-hybridized carbons (Fsp3) is 0.368. The number of aromatic amines is 2. The van der Waals surface area contributed by atoms with Crippen molar-refractivity contribution in [3.8, 4) is 0 Å². The van der Waals surface area contributed by atoms with Gasteiger partial charge in [0.1, 0.15) is 6.04 Å². The molecule has 0 spiro atoms. The molecule has 3 aliphatic heterocycles. The van der Waals surface area contributed by atoms with Crippen molar-refractivity contribution in [2.45, 2.75) is 72.4 Å². The summed E-state index contributed by atoms with van der Waals surface area (Å²) in [7, 11) is 0. The summed E-state index contributed by atoms with van der Waals surface area (Å²) >= 11 is 0. The Morgan fingerprint density at radius 2 is 1.65 bits per heavy atom. The van der Waals surface area contributed by atoms with Crippen molar-refractivity contribution in [3.63, 3.8) is 0 Å². The molecule has 4 atom stereocenters. The molecular weight excluding hydrogens is 670 g/mol. The Bertz CT molecular complexity index is 2140. The number of carboxylic acid groups (broad SMARTS) is 4. The SMILES string of the molecule is C=Cc1c2[nH]c(c1C)/C=C1\N/C(=C(/C(C(=O)O)C(=O)O)C3=C=C(C)C(/C=c4/[nH]/c(c(C)c4CC)=C\2)N3)C(CCC(=O)N[C@@H](CC(=O)O)C(=O)O)C1C. The molecule has 0 radical (unpaired) electrons. The summed E-state index contributed by atoms with van der Waals surface area (Å²) in [5.41, 5.74) is 10.4. The van der Waals surface area contributed by atoms with Gasteiger partial charge >= 0.3 is 23.9 Å². The highest BCUT2D eigenvalue weighted by molar-refractivity contribution is 5.98. The third-order valence-corrected chi connectivity index (χ3v) is 10.2. The molecule has 274 valence electrons. The summed E-state index contributed by atoms with van der Waals surface area (Å²) in [6.07, 6.45) is 7.32. The number of nitrogens with one attached hydrogen (secondary N) is 5. The van der Waals surface area contributed by atoms with Gasteiger partial charge in [0.25, 0.3) is 0 Å². The molecular formula is C38H43N5O9. The Kier molecular flexibility index (Phi) is 10.5. The zero-order chi connectivity index (χ0) is 38.2. The monoisotopic (exact) mass is 713 g/mol. The molecule has 3 aliphatic rings. The number of allylic oxidation sites excluding steroid dienone is 2. The van der Waals surface area contributed by atoms with Crippen molar-refractivity contribution in [2.24, 2.45) is 17.8 Å². The lowest BCUT2D eigenvalue weighted by Gasteiger charge is -2.23. The number of rotatable bonds is 12. The molecule has 1 amide bonds. The van der Waals surface area contributed by atoms with Crippen LogP contribution in [-0.2, 0) is 30.4 Å². The second-order valence-corrected chi connectivity index (χ2v) is 13.4. The van der Waals surface area contributed by atoms with Gasteiger partial charge in [0.2, 0.25) is 5.91 Å². The van der Waals surface area contributed by atoms with Gasteiger partial charge < -0.3 is 46.3 Å². The van der Waals surface area contributed by atoms with Crippen LogP contribution in [0.25, 0.3) is 24.3 Å². The highest BCUT2D eigenvalue weighted by atomic mass is 16.4. The molecule has 1 saturated heterocycles. The van der Waals surface area contributed by atoms with Crippen LogP contribution in [0.1, 0.15) is 73.7 Å². The summed E-state index contributed by atoms with van der Waals surface area (Å²) in [6.45, 7) is 13.8. The first-order valence-electron chi connectivity index (χ1n) is 17.0. The first-order valence-corrected chi connectivity index (χ1v) is 17.0. The molecule has 3 unspecified atom stereocenters. The van der Waals surface area contributed by atoms with E-state index in [1.807, 2.05) is 45.9 Å². The largest absolute Gasteiger partial charge is 0.481 e. The van der Waals surface area contributed by atoms with E-state index in [9.17, 15) is 39.3 Å². The van der Waals surface area contributed by atoms with Crippen molar-refractivity contribution in [1.29, 1.82) is 0 Å². The fourth-order valence-electron chi connectivity index (χ4n) is 7.32. The number of hydrogen-bond donors (Lipinski definition) is 9. The van der Waals surface area contributed by atoms with Gasteiger partial charge in [0.15, 0.2) is 5.92 Å². The van der Waals surface area contributed by atoms with E-state index in [4.69, 9.17) is 5.11 Å². The van der Waals surface area contributed by atoms with Crippen LogP contribution in [0.4, 0.5) is 0 Å². The minimum atomic E-state index is -2.02. The molecule has 5 heterocycles. The molecule has 0 aliphatic carbocycles. The molecule has 2 aromatic heterocycles. The van der Waals surface area contributed by atoms with Crippen molar-refractivity contribution in [3.05, 3.63) is 84.9 Å². The van der Waals surface area contributed by atoms with E-state index in [1.54, 1.807) is 6.08 Å². The van der Waals surface area contributed by atoms with Gasteiger partial charge in [-0.25, -0.2) is 4.79 Å². The van der Waals surface area contributed by atoms with E-state index in [-0.39, 0.29) is 29.8 Å². The molecule has 8 bridgehead atoms. The Hall–Kier alpha value is -6.01. The molecule has 0 saturated carbocycles. The highest BCUT2D eigenvalue weighted by Gasteiger charge is 2.43. The molecule has 1 fully saturated rings. The maximum Gasteiger partial charge on any atom is 0.326 e. The molecule has 2 aromatic rings. The smallest absolute Gasteiger partial charge is 0.326 e. The van der Waals surface area contributed by atoms with Crippen molar-refractivity contribution in [1.82, 2.24) is 25.9 Å². The van der Waals surface area contributed by atoms with E-state index < -0.39 is 66.0 Å². The van der Waals surface area contributed by atoms with E-state index >= 15 is 0 Å². The van der Waals surface area contributed by atoms with Crippen LogP contribution in [0.15, 0.2) is 40.5 Å². The quantitative estimate of drug-likeness (QED) is 0.114. The van der Waals surface area contributed by atoms with E-state index in [0.717, 1.165) is 50.8 Å². The predicted molar refractivity (Wildman–Crippen MR) is 192 cm³/mol. The maximum atomic E-state index is 13.0. The van der Waals surface area contributed by atoms with Gasteiger partial charge in [-0.2, -0.15) is 0 Å². The van der Waals surface area contributed by atoms with Crippen LogP contribution in [0, 0.1) is 31.6 Å². The van der Waals surface area contributed by atoms with Crippen LogP contribution in [0.5, 0.6) is 0 Å². The highest BCUT2D eigenvalue weighted by Crippen LogP contribution is 2.42. The van der Waals surface area contributed by atoms with Gasteiger partial charge in [-0.05, 0) is 74.1 Å². The zero-order valence-corrected chi connectivity index (χ0v) is 29.6. The fourth-order valence-corrected chi connectivity index (χ4v) is 7.32. The summed E-state index contributed by atoms with van der Waals surface area (Å²) in [6, 6.07) is -2.12. The number of amides is 1. The molecule has 0 aromatic carbocycles. The lowest BCUT2D eigenvalue weighted by molar-refractivity contribution is -0.152. The third-order valence-electron chi connectivity index (χ3n) is 10.2. The Labute approximate surface area is 299 Å². The van der Waals surface area contributed by atoms with Gasteiger partial charge in [0, 0.05) is 62.9 Å². The number of aliphatic carboxylic acids is 4. The summed E-state index contributed by atoms with van der Waals surface area (Å²) in [5.74, 6) is -9.91. The summed E-state index contributed by atoms with van der Waals surface area (Å²) < 4.78 is 0. The number of carbonyl (C=O) groups excluding carboxylic acids is 1. The first-order chi connectivity index (χ1) is 24.6. The normalized spacial score (nSPS) is 23.3. The van der Waals surface area contributed by atoms with Gasteiger partial charge in [-0.15, -0.1) is 0 Å². The molecule has 52 heavy (non-hydrogen) atoms. The van der Waals surface area contributed by atoms with Crippen molar-refractivity contribution >= 4 is 54.1 Å². The van der Waals surface area contributed by atoms with Crippen molar-refractivity contribution < 1.29 is 44.4 Å². The maximum absolute atomic E-state index is 13.0. The number of carbonyl (C=O) groups is 5. The standard InChI is InChI=1S/C38H43N5O9/c1-7-20-18(5)25-14-28-21(8-2)17(4)24(40-28)13-26-19(6)22(9-10-31(44)42-30(36(47)48)15-32(45)46)35(43-26)33(34(37(49)50)38(51)52)29-11-16(3)23(39-29)12-27(20)41-25/h8,12-14,19,22-23,30,34,39-41,43H,2,7,9-10,15H2,1,3-6H3,(H,42,44)(H,45,46)(H,47,48)(H,49,50)(H,51,52)/b25-14-,26-13-,27-12+,35-33+/t19?,22?,23?,30-/m0/s1. The zero-order valence-electron chi connectivity index (χ0n) is 29.6. The summed E-state index contributed by atoms with van der Waals surface area (Å²) in [5, 5.41) is 49.9. The van der Waals surface area contributed by atoms with E-state index in [1.165, 1.54) is 0 Å². The number of carboxylic acids is 4. The van der Waals surface area contributed by atoms with Gasteiger partial charge in [0.05, 0.1) is 18.2 Å². The third kappa shape index (κ3) is 7.10. The van der Waals surface area contributed by atoms with Crippen LogP contribution in [0.3, 0.4) is 0 Å². The Morgan fingerprint density at radius 1 is 0.962 bits per heavy atom. The topological polar surface area (TPSA) is 234 Å². The Balaban J connectivity index is 1.74. The van der Waals surface area contributed by atoms with Crippen LogP contribution in [-0.4, -0.2) is 72.3 Å². The molecule has 9 N–H and O–H groups in total. The average molecular weight is 714 g/mol. The molecule has 14 nitrogen and oxygen atoms in total. The molecule has 14 heteroatoms. The van der Waals surface area contributed by atoms with Gasteiger partial charge in [-0.3, -0.25) is 19.2 Å². The lowest BCUT2D eigenvalue weighted by Crippen LogP contribution is -2.42. The van der Waals surface area contributed by atoms with Crippen LogP contribution in [0.2, 0.25) is 0 Å². The van der Waals surface area contributed by atoms with Crippen LogP contribution < -0.4 is 26.6 Å². The van der Waals surface area contributed by atoms with Crippen LogP contribution >= 0.6 is 0 Å². The van der Waals surface area contributed by atoms with E-state index in [2.05, 4.69) is 45.2 Å². The minimum Gasteiger partial charge on any atom is -0.481 e. The number of fused-ring (bicyclic) bond motifs is 8. The van der Waals surface area contributed by atoms with E-state index in [0.29, 0.717) is 11.3 Å². The lowest BCUT2D eigenvalue weighted by atomic mass is 9.83. The number of hydrogen-bond acceptors (Lipinski definition) is 7. The second-order valence-electron chi connectivity index (χ2n) is 13.4. The minimum absolute atomic E-state index is 0.0395. The number of H-pyrrole nitrogens is 2. The average Bonchev–Trinajstić information content (AvgIpc) is 3.76. The van der Waals surface area contributed by atoms with Gasteiger partial charge in [-0.1, -0.05) is 32.2 Å². The molecule has 5 rings (SSSR count). The number of aromatic nitrogens is 2. The summed E-state index contributed by atoms with van der Waals surface area (Å²) in [4.78, 5) is 68.3. The first kappa shape index (κ1) is 37.3. The van der Waals surface area contributed by atoms with Crippen molar-refractivity contribution in [2.75, 3.05) is 0 Å². The Morgan fingerprint density at radius 3 is 2.25 bits per heavy atom. The second kappa shape index (κ2) is 14.7.